The number of aryl methyl sites for hydroxylation is 1. The zero-order valence-electron chi connectivity index (χ0n) is 9.90. The maximum atomic E-state index is 9.35. The first-order valence-corrected chi connectivity index (χ1v) is 5.03. The Labute approximate surface area is 96.1 Å². The number of hydrogen-bond donors (Lipinski definition) is 2. The average Bonchev–Trinajstić information content (AvgIpc) is 2.22. The molecule has 16 heavy (non-hydrogen) atoms. The van der Waals surface area contributed by atoms with Crippen LogP contribution in [0.5, 0.6) is 5.75 Å². The van der Waals surface area contributed by atoms with Crippen LogP contribution >= 0.6 is 0 Å². The second-order valence-electron chi connectivity index (χ2n) is 3.74. The van der Waals surface area contributed by atoms with Gasteiger partial charge in [-0.15, -0.1) is 0 Å². The van der Waals surface area contributed by atoms with Crippen molar-refractivity contribution in [2.45, 2.75) is 26.7 Å². The molecule has 0 aliphatic heterocycles. The summed E-state index contributed by atoms with van der Waals surface area (Å²) in [5, 5.41) is 17.0. The molecule has 1 aromatic rings. The summed E-state index contributed by atoms with van der Waals surface area (Å²) in [5.41, 5.74) is 2.13. The van der Waals surface area contributed by atoms with Crippen LogP contribution in [0.25, 0.3) is 0 Å². The van der Waals surface area contributed by atoms with E-state index in [1.165, 1.54) is 5.56 Å². The molecule has 0 bridgehead atoms. The Morgan fingerprint density at radius 2 is 1.94 bits per heavy atom. The third-order valence-electron chi connectivity index (χ3n) is 2.07. The lowest BCUT2D eigenvalue weighted by atomic mass is 10.0. The van der Waals surface area contributed by atoms with Gasteiger partial charge in [-0.25, -0.2) is 4.79 Å². The topological polar surface area (TPSA) is 57.5 Å². The van der Waals surface area contributed by atoms with E-state index in [0.29, 0.717) is 11.7 Å². The highest BCUT2D eigenvalue weighted by Gasteiger charge is 2.00. The molecule has 0 amide bonds. The Balaban J connectivity index is 0.000000385. The summed E-state index contributed by atoms with van der Waals surface area (Å²) in [6.45, 7) is 9.09. The zero-order valence-corrected chi connectivity index (χ0v) is 9.90. The first-order chi connectivity index (χ1) is 7.38. The standard InChI is InChI=1S/C10H14O.C3H4O2/c1-7(2)9-5-4-8(3)10(11)6-9;1-2-3(4)5/h4-7,11H,1-3H3;2H,1H2,(H,4,5). The maximum Gasteiger partial charge on any atom is 0.327 e. The first kappa shape index (κ1) is 14.2. The van der Waals surface area contributed by atoms with E-state index >= 15 is 0 Å². The highest BCUT2D eigenvalue weighted by atomic mass is 16.4. The molecule has 3 heteroatoms. The van der Waals surface area contributed by atoms with Crippen molar-refractivity contribution in [2.24, 2.45) is 0 Å². The minimum absolute atomic E-state index is 0.399. The Bertz CT molecular complexity index is 367. The zero-order chi connectivity index (χ0) is 12.7. The van der Waals surface area contributed by atoms with Crippen molar-refractivity contribution in [3.05, 3.63) is 42.0 Å². The van der Waals surface area contributed by atoms with Gasteiger partial charge in [0.2, 0.25) is 0 Å². The van der Waals surface area contributed by atoms with Gasteiger partial charge in [-0.2, -0.15) is 0 Å². The van der Waals surface area contributed by atoms with E-state index in [2.05, 4.69) is 26.5 Å². The van der Waals surface area contributed by atoms with Crippen LogP contribution in [-0.2, 0) is 4.79 Å². The third kappa shape index (κ3) is 5.20. The highest BCUT2D eigenvalue weighted by molar-refractivity contribution is 5.78. The number of hydrogen-bond acceptors (Lipinski definition) is 2. The van der Waals surface area contributed by atoms with Crippen LogP contribution < -0.4 is 0 Å². The average molecular weight is 222 g/mol. The lowest BCUT2D eigenvalue weighted by Gasteiger charge is -2.06. The molecule has 0 atom stereocenters. The molecule has 0 fully saturated rings. The van der Waals surface area contributed by atoms with E-state index in [1.54, 1.807) is 0 Å². The predicted octanol–water partition coefficient (Wildman–Crippen LogP) is 3.08. The van der Waals surface area contributed by atoms with Crippen molar-refractivity contribution in [3.8, 4) is 5.75 Å². The highest BCUT2D eigenvalue weighted by Crippen LogP contribution is 2.22. The van der Waals surface area contributed by atoms with Gasteiger partial charge in [0, 0.05) is 6.08 Å². The largest absolute Gasteiger partial charge is 0.508 e. The Hall–Kier alpha value is -1.77. The normalized spacial score (nSPS) is 9.25. The number of aliphatic carboxylic acids is 1. The van der Waals surface area contributed by atoms with Gasteiger partial charge in [0.1, 0.15) is 5.75 Å². The van der Waals surface area contributed by atoms with Crippen molar-refractivity contribution >= 4 is 5.97 Å². The number of carboxylic acids is 1. The first-order valence-electron chi connectivity index (χ1n) is 5.03. The van der Waals surface area contributed by atoms with Crippen LogP contribution in [0.3, 0.4) is 0 Å². The van der Waals surface area contributed by atoms with Crippen LogP contribution in [0.15, 0.2) is 30.9 Å². The van der Waals surface area contributed by atoms with Crippen LogP contribution in [-0.4, -0.2) is 16.2 Å². The maximum absolute atomic E-state index is 9.35. The van der Waals surface area contributed by atoms with E-state index in [9.17, 15) is 9.90 Å². The predicted molar refractivity (Wildman–Crippen MR) is 64.8 cm³/mol. The van der Waals surface area contributed by atoms with E-state index < -0.39 is 5.97 Å². The summed E-state index contributed by atoms with van der Waals surface area (Å²) in [4.78, 5) is 9.25. The molecule has 0 unspecified atom stereocenters. The molecule has 1 aromatic carbocycles. The monoisotopic (exact) mass is 222 g/mol. The summed E-state index contributed by atoms with van der Waals surface area (Å²) in [5.74, 6) is -0.0947. The fourth-order valence-electron chi connectivity index (χ4n) is 0.986. The molecule has 0 radical (unpaired) electrons. The van der Waals surface area contributed by atoms with Crippen molar-refractivity contribution in [2.75, 3.05) is 0 Å². The number of phenolic OH excluding ortho intramolecular Hbond substituents is 1. The van der Waals surface area contributed by atoms with Crippen molar-refractivity contribution in [1.82, 2.24) is 0 Å². The molecule has 0 heterocycles. The molecule has 0 saturated carbocycles. The number of carboxylic acid groups (broad SMARTS) is 1. The molecule has 88 valence electrons. The van der Waals surface area contributed by atoms with Crippen molar-refractivity contribution < 1.29 is 15.0 Å². The van der Waals surface area contributed by atoms with Gasteiger partial charge in [0.25, 0.3) is 0 Å². The van der Waals surface area contributed by atoms with Crippen LogP contribution in [0.1, 0.15) is 30.9 Å². The summed E-state index contributed by atoms with van der Waals surface area (Å²) in [6.07, 6.45) is 0.833. The van der Waals surface area contributed by atoms with Crippen LogP contribution in [0, 0.1) is 6.92 Å². The van der Waals surface area contributed by atoms with E-state index in [4.69, 9.17) is 5.11 Å². The van der Waals surface area contributed by atoms with Crippen molar-refractivity contribution in [3.63, 3.8) is 0 Å². The summed E-state index contributed by atoms with van der Waals surface area (Å²) in [7, 11) is 0. The second kappa shape index (κ2) is 6.67. The molecule has 0 spiro atoms. The Kier molecular flexibility index (Phi) is 5.93. The number of aromatic hydroxyl groups is 1. The Morgan fingerprint density at radius 1 is 1.44 bits per heavy atom. The smallest absolute Gasteiger partial charge is 0.327 e. The molecule has 0 saturated heterocycles. The molecule has 1 rings (SSSR count). The summed E-state index contributed by atoms with van der Waals surface area (Å²) >= 11 is 0. The van der Waals surface area contributed by atoms with Gasteiger partial charge < -0.3 is 10.2 Å². The minimum atomic E-state index is -0.981. The molecule has 0 aromatic heterocycles. The van der Waals surface area contributed by atoms with E-state index in [1.807, 2.05) is 19.1 Å². The van der Waals surface area contributed by atoms with Gasteiger partial charge in [-0.05, 0) is 30.0 Å². The SMILES string of the molecule is C=CC(=O)O.Cc1ccc(C(C)C)cc1O. The molecule has 2 N–H and O–H groups in total. The Morgan fingerprint density at radius 3 is 2.25 bits per heavy atom. The minimum Gasteiger partial charge on any atom is -0.508 e. The summed E-state index contributed by atoms with van der Waals surface area (Å²) in [6, 6.07) is 5.84. The van der Waals surface area contributed by atoms with Gasteiger partial charge >= 0.3 is 5.97 Å². The second-order valence-corrected chi connectivity index (χ2v) is 3.74. The van der Waals surface area contributed by atoms with Gasteiger partial charge in [-0.1, -0.05) is 32.6 Å². The van der Waals surface area contributed by atoms with Gasteiger partial charge in [-0.3, -0.25) is 0 Å². The lowest BCUT2D eigenvalue weighted by Crippen LogP contribution is -1.86. The quantitative estimate of drug-likeness (QED) is 0.756. The van der Waals surface area contributed by atoms with E-state index in [0.717, 1.165) is 11.6 Å². The fourth-order valence-corrected chi connectivity index (χ4v) is 0.986. The molecular formula is C13H18O3. The summed E-state index contributed by atoms with van der Waals surface area (Å²) < 4.78 is 0. The third-order valence-corrected chi connectivity index (χ3v) is 2.07. The number of rotatable bonds is 2. The van der Waals surface area contributed by atoms with Crippen molar-refractivity contribution in [1.29, 1.82) is 0 Å². The lowest BCUT2D eigenvalue weighted by molar-refractivity contribution is -0.131. The number of benzene rings is 1. The molecular weight excluding hydrogens is 204 g/mol. The van der Waals surface area contributed by atoms with Gasteiger partial charge in [0.05, 0.1) is 0 Å². The van der Waals surface area contributed by atoms with E-state index in [-0.39, 0.29) is 0 Å². The van der Waals surface area contributed by atoms with Gasteiger partial charge in [0.15, 0.2) is 0 Å². The molecule has 3 nitrogen and oxygen atoms in total. The number of carbonyl (C=O) groups is 1. The molecule has 0 aliphatic carbocycles. The number of phenols is 1. The van der Waals surface area contributed by atoms with Crippen LogP contribution in [0.2, 0.25) is 0 Å². The molecule has 0 aliphatic rings. The van der Waals surface area contributed by atoms with Crippen LogP contribution in [0.4, 0.5) is 0 Å². The fraction of sp³-hybridized carbons (Fsp3) is 0.308.